The zero-order valence-electron chi connectivity index (χ0n) is 13.7. The molecule has 0 saturated carbocycles. The summed E-state index contributed by atoms with van der Waals surface area (Å²) in [5.74, 6) is 0.0541. The van der Waals surface area contributed by atoms with Gasteiger partial charge in [0.05, 0.1) is 18.2 Å². The van der Waals surface area contributed by atoms with Crippen LogP contribution in [0.15, 0.2) is 33.9 Å². The van der Waals surface area contributed by atoms with Gasteiger partial charge in [-0.3, -0.25) is 9.48 Å². The summed E-state index contributed by atoms with van der Waals surface area (Å²) < 4.78 is 33.8. The maximum Gasteiger partial charge on any atom is 0.289 e. The lowest BCUT2D eigenvalue weighted by Crippen LogP contribution is -2.50. The fourth-order valence-corrected chi connectivity index (χ4v) is 4.41. The van der Waals surface area contributed by atoms with Crippen LogP contribution in [0.25, 0.3) is 0 Å². The Balaban J connectivity index is 1.71. The van der Waals surface area contributed by atoms with Crippen LogP contribution < -0.4 is 0 Å². The molecule has 1 aliphatic heterocycles. The molecule has 0 aliphatic carbocycles. The summed E-state index contributed by atoms with van der Waals surface area (Å²) in [5, 5.41) is 4.11. The second-order valence-electron chi connectivity index (χ2n) is 5.58. The number of aryl methyl sites for hydroxylation is 1. The summed E-state index contributed by atoms with van der Waals surface area (Å²) >= 11 is 0. The lowest BCUT2D eigenvalue weighted by molar-refractivity contribution is 0.0666. The Bertz CT molecular complexity index is 818. The van der Waals surface area contributed by atoms with E-state index in [9.17, 15) is 13.2 Å². The molecule has 0 aromatic carbocycles. The summed E-state index contributed by atoms with van der Waals surface area (Å²) in [6.07, 6.45) is 2.84. The number of hydrogen-bond acceptors (Lipinski definition) is 5. The highest BCUT2D eigenvalue weighted by molar-refractivity contribution is 7.89. The van der Waals surface area contributed by atoms with Crippen molar-refractivity contribution in [1.29, 1.82) is 0 Å². The summed E-state index contributed by atoms with van der Waals surface area (Å²) in [6.45, 7) is 5.46. The normalized spacial score (nSPS) is 16.5. The molecule has 1 aliphatic rings. The Labute approximate surface area is 140 Å². The van der Waals surface area contributed by atoms with Crippen molar-refractivity contribution >= 4 is 15.9 Å². The van der Waals surface area contributed by atoms with Crippen LogP contribution in [-0.4, -0.2) is 59.5 Å². The van der Waals surface area contributed by atoms with E-state index < -0.39 is 10.0 Å². The van der Waals surface area contributed by atoms with Gasteiger partial charge in [-0.25, -0.2) is 8.42 Å². The van der Waals surface area contributed by atoms with E-state index in [0.717, 1.165) is 0 Å². The maximum absolute atomic E-state index is 12.8. The van der Waals surface area contributed by atoms with Gasteiger partial charge in [0.25, 0.3) is 5.91 Å². The van der Waals surface area contributed by atoms with Gasteiger partial charge in [-0.2, -0.15) is 9.40 Å². The van der Waals surface area contributed by atoms with Crippen LogP contribution in [0.5, 0.6) is 0 Å². The van der Waals surface area contributed by atoms with Gasteiger partial charge >= 0.3 is 0 Å². The van der Waals surface area contributed by atoms with Crippen molar-refractivity contribution in [1.82, 2.24) is 19.0 Å². The molecule has 8 nitrogen and oxygen atoms in total. The summed E-state index contributed by atoms with van der Waals surface area (Å²) in [6, 6.07) is 3.26. The van der Waals surface area contributed by atoms with E-state index >= 15 is 0 Å². The quantitative estimate of drug-likeness (QED) is 0.817. The SMILES string of the molecule is CCn1ncc(S(=O)(=O)N2CCN(C(=O)c3ccco3)CC2)c1C. The average Bonchev–Trinajstić information content (AvgIpc) is 3.24. The Kier molecular flexibility index (Phi) is 4.46. The lowest BCUT2D eigenvalue weighted by atomic mass is 10.3. The second-order valence-corrected chi connectivity index (χ2v) is 7.49. The topological polar surface area (TPSA) is 88.7 Å². The van der Waals surface area contributed by atoms with Crippen LogP contribution in [0.4, 0.5) is 0 Å². The monoisotopic (exact) mass is 352 g/mol. The van der Waals surface area contributed by atoms with Crippen molar-refractivity contribution in [3.8, 4) is 0 Å². The number of piperazine rings is 1. The first-order valence-electron chi connectivity index (χ1n) is 7.80. The van der Waals surface area contributed by atoms with Gasteiger partial charge in [-0.15, -0.1) is 0 Å². The molecule has 0 N–H and O–H groups in total. The number of sulfonamides is 1. The molecule has 0 atom stereocenters. The minimum Gasteiger partial charge on any atom is -0.459 e. The minimum absolute atomic E-state index is 0.216. The standard InChI is InChI=1S/C15H20N4O4S/c1-3-19-12(2)14(11-16-19)24(21,22)18-8-6-17(7-9-18)15(20)13-5-4-10-23-13/h4-5,10-11H,3,6-9H2,1-2H3. The first kappa shape index (κ1) is 16.7. The summed E-state index contributed by atoms with van der Waals surface area (Å²) in [4.78, 5) is 14.1. The molecule has 9 heteroatoms. The van der Waals surface area contributed by atoms with E-state index in [1.54, 1.807) is 28.6 Å². The largest absolute Gasteiger partial charge is 0.459 e. The van der Waals surface area contributed by atoms with E-state index in [1.165, 1.54) is 16.8 Å². The molecule has 0 bridgehead atoms. The number of furan rings is 1. The van der Waals surface area contributed by atoms with Gasteiger partial charge in [0, 0.05) is 32.7 Å². The highest BCUT2D eigenvalue weighted by Crippen LogP contribution is 2.21. The molecule has 3 rings (SSSR count). The van der Waals surface area contributed by atoms with Crippen molar-refractivity contribution < 1.29 is 17.6 Å². The fourth-order valence-electron chi connectivity index (χ4n) is 2.83. The van der Waals surface area contributed by atoms with Crippen LogP contribution in [0, 0.1) is 6.92 Å². The molecular weight excluding hydrogens is 332 g/mol. The van der Waals surface area contributed by atoms with Crippen LogP contribution >= 0.6 is 0 Å². The van der Waals surface area contributed by atoms with Crippen molar-refractivity contribution in [3.63, 3.8) is 0 Å². The highest BCUT2D eigenvalue weighted by atomic mass is 32.2. The van der Waals surface area contributed by atoms with E-state index in [4.69, 9.17) is 4.42 Å². The zero-order valence-corrected chi connectivity index (χ0v) is 14.5. The van der Waals surface area contributed by atoms with Gasteiger partial charge in [-0.05, 0) is 26.0 Å². The van der Waals surface area contributed by atoms with E-state index in [1.807, 2.05) is 6.92 Å². The Hall–Kier alpha value is -2.13. The van der Waals surface area contributed by atoms with Crippen molar-refractivity contribution in [2.24, 2.45) is 0 Å². The predicted molar refractivity (Wildman–Crippen MR) is 86.0 cm³/mol. The molecule has 24 heavy (non-hydrogen) atoms. The number of amides is 1. The zero-order chi connectivity index (χ0) is 17.3. The van der Waals surface area contributed by atoms with E-state index in [-0.39, 0.29) is 29.7 Å². The number of aromatic nitrogens is 2. The Morgan fingerprint density at radius 1 is 1.29 bits per heavy atom. The predicted octanol–water partition coefficient (Wildman–Crippen LogP) is 0.951. The summed E-state index contributed by atoms with van der Waals surface area (Å²) in [7, 11) is -3.60. The second kappa shape index (κ2) is 6.40. The van der Waals surface area contributed by atoms with Gasteiger partial charge in [0.15, 0.2) is 5.76 Å². The number of rotatable bonds is 4. The smallest absolute Gasteiger partial charge is 0.289 e. The minimum atomic E-state index is -3.60. The molecule has 130 valence electrons. The van der Waals surface area contributed by atoms with Crippen LogP contribution in [0.2, 0.25) is 0 Å². The van der Waals surface area contributed by atoms with Crippen molar-refractivity contribution in [3.05, 3.63) is 36.0 Å². The van der Waals surface area contributed by atoms with Crippen LogP contribution in [0.1, 0.15) is 23.2 Å². The van der Waals surface area contributed by atoms with E-state index in [2.05, 4.69) is 5.10 Å². The number of carbonyl (C=O) groups is 1. The molecule has 0 spiro atoms. The third-order valence-electron chi connectivity index (χ3n) is 4.23. The third kappa shape index (κ3) is 2.84. The first-order valence-corrected chi connectivity index (χ1v) is 9.24. The van der Waals surface area contributed by atoms with Crippen LogP contribution in [-0.2, 0) is 16.6 Å². The number of nitrogens with zero attached hydrogens (tertiary/aromatic N) is 4. The van der Waals surface area contributed by atoms with E-state index in [0.29, 0.717) is 25.3 Å². The molecular formula is C15H20N4O4S. The average molecular weight is 352 g/mol. The summed E-state index contributed by atoms with van der Waals surface area (Å²) in [5.41, 5.74) is 0.631. The van der Waals surface area contributed by atoms with Gasteiger partial charge in [0.1, 0.15) is 4.90 Å². The number of hydrogen-bond donors (Lipinski definition) is 0. The lowest BCUT2D eigenvalue weighted by Gasteiger charge is -2.33. The molecule has 2 aromatic rings. The molecule has 1 amide bonds. The Morgan fingerprint density at radius 2 is 2.00 bits per heavy atom. The third-order valence-corrected chi connectivity index (χ3v) is 6.23. The molecule has 0 radical (unpaired) electrons. The van der Waals surface area contributed by atoms with Crippen molar-refractivity contribution in [2.75, 3.05) is 26.2 Å². The highest BCUT2D eigenvalue weighted by Gasteiger charge is 2.33. The molecule has 3 heterocycles. The Morgan fingerprint density at radius 3 is 2.54 bits per heavy atom. The van der Waals surface area contributed by atoms with Gasteiger partial charge in [-0.1, -0.05) is 0 Å². The van der Waals surface area contributed by atoms with Crippen LogP contribution in [0.3, 0.4) is 0 Å². The first-order chi connectivity index (χ1) is 11.4. The maximum atomic E-state index is 12.8. The molecule has 2 aromatic heterocycles. The van der Waals surface area contributed by atoms with Gasteiger partial charge in [0.2, 0.25) is 10.0 Å². The van der Waals surface area contributed by atoms with Gasteiger partial charge < -0.3 is 9.32 Å². The molecule has 1 saturated heterocycles. The molecule has 1 fully saturated rings. The fraction of sp³-hybridized carbons (Fsp3) is 0.467. The molecule has 0 unspecified atom stereocenters. The van der Waals surface area contributed by atoms with Crippen molar-refractivity contribution in [2.45, 2.75) is 25.3 Å². The number of carbonyl (C=O) groups excluding carboxylic acids is 1.